The van der Waals surface area contributed by atoms with Crippen molar-refractivity contribution in [3.05, 3.63) is 75.0 Å². The van der Waals surface area contributed by atoms with Crippen LogP contribution in [-0.4, -0.2) is 17.1 Å². The third-order valence-corrected chi connectivity index (χ3v) is 5.24. The summed E-state index contributed by atoms with van der Waals surface area (Å²) in [6.45, 7) is 1.92. The minimum atomic E-state index is -0.411. The van der Waals surface area contributed by atoms with E-state index in [2.05, 4.69) is 15.5 Å². The monoisotopic (exact) mass is 432 g/mol. The number of aromatic nitrogens is 1. The molecular weight excluding hydrogens is 415 g/mol. The van der Waals surface area contributed by atoms with Crippen molar-refractivity contribution in [2.45, 2.75) is 20.0 Å². The third-order valence-electron chi connectivity index (χ3n) is 3.96. The van der Waals surface area contributed by atoms with Crippen molar-refractivity contribution in [1.82, 2.24) is 10.4 Å². The number of thiazole rings is 1. The number of nitrogens with zero attached hydrogens (tertiary/aromatic N) is 2. The molecule has 150 valence electrons. The van der Waals surface area contributed by atoms with E-state index in [9.17, 15) is 9.18 Å². The number of hydrogen-bond donors (Lipinski definition) is 2. The van der Waals surface area contributed by atoms with E-state index in [4.69, 9.17) is 22.1 Å². The van der Waals surface area contributed by atoms with Crippen molar-refractivity contribution in [1.29, 1.82) is 0 Å². The molecule has 0 bridgehead atoms. The number of anilines is 1. The van der Waals surface area contributed by atoms with Gasteiger partial charge in [0.1, 0.15) is 23.1 Å². The van der Waals surface area contributed by atoms with Gasteiger partial charge in [-0.2, -0.15) is 5.10 Å². The lowest BCUT2D eigenvalue weighted by atomic mass is 10.2. The number of hydrazone groups is 1. The molecule has 0 aliphatic rings. The van der Waals surface area contributed by atoms with E-state index in [1.165, 1.54) is 12.3 Å². The second kappa shape index (κ2) is 9.49. The molecule has 0 saturated carbocycles. The molecule has 0 saturated heterocycles. The van der Waals surface area contributed by atoms with Crippen LogP contribution in [0.4, 0.5) is 9.52 Å². The molecule has 0 spiro atoms. The molecule has 9 heteroatoms. The molecule has 6 nitrogen and oxygen atoms in total. The van der Waals surface area contributed by atoms with Crippen molar-refractivity contribution >= 4 is 40.2 Å². The Morgan fingerprint density at radius 1 is 1.34 bits per heavy atom. The quantitative estimate of drug-likeness (QED) is 0.427. The molecule has 29 heavy (non-hydrogen) atoms. The number of halogens is 2. The number of aryl methyl sites for hydroxylation is 1. The fraction of sp³-hybridized carbons (Fsp3) is 0.150. The first-order valence-corrected chi connectivity index (χ1v) is 9.91. The fourth-order valence-corrected chi connectivity index (χ4v) is 3.51. The summed E-state index contributed by atoms with van der Waals surface area (Å²) in [7, 11) is 0. The maximum absolute atomic E-state index is 13.8. The minimum absolute atomic E-state index is 0.0206. The molecule has 0 atom stereocenters. The lowest BCUT2D eigenvalue weighted by molar-refractivity contribution is 0.0958. The highest BCUT2D eigenvalue weighted by atomic mass is 35.5. The van der Waals surface area contributed by atoms with Crippen LogP contribution in [0.1, 0.15) is 33.4 Å². The van der Waals surface area contributed by atoms with Gasteiger partial charge < -0.3 is 10.5 Å². The third kappa shape index (κ3) is 5.30. The van der Waals surface area contributed by atoms with Crippen LogP contribution < -0.4 is 15.9 Å². The van der Waals surface area contributed by atoms with Gasteiger partial charge in [-0.05, 0) is 48.4 Å². The molecule has 0 fully saturated rings. The smallest absolute Gasteiger partial charge is 0.283 e. The Morgan fingerprint density at radius 3 is 2.79 bits per heavy atom. The number of amides is 1. The van der Waals surface area contributed by atoms with Crippen molar-refractivity contribution < 1.29 is 13.9 Å². The van der Waals surface area contributed by atoms with E-state index in [1.807, 2.05) is 6.92 Å². The molecule has 3 rings (SSSR count). The molecule has 0 radical (unpaired) electrons. The average molecular weight is 433 g/mol. The molecule has 1 heterocycles. The SMILES string of the molecule is CCc1nc(N)sc1C(=O)NN=Cc1ccc(OCc2c(F)cccc2Cl)cc1. The molecule has 0 aliphatic carbocycles. The highest BCUT2D eigenvalue weighted by Gasteiger charge is 2.15. The van der Waals surface area contributed by atoms with Crippen LogP contribution in [-0.2, 0) is 13.0 Å². The second-order valence-corrected chi connectivity index (χ2v) is 7.38. The maximum Gasteiger partial charge on any atom is 0.283 e. The van der Waals surface area contributed by atoms with Gasteiger partial charge in [-0.1, -0.05) is 35.9 Å². The second-order valence-electron chi connectivity index (χ2n) is 5.94. The van der Waals surface area contributed by atoms with Gasteiger partial charge in [0.15, 0.2) is 5.13 Å². The van der Waals surface area contributed by atoms with Crippen LogP contribution in [0.3, 0.4) is 0 Å². The lowest BCUT2D eigenvalue weighted by Gasteiger charge is -2.08. The number of rotatable bonds is 7. The number of carbonyl (C=O) groups is 1. The first-order chi connectivity index (χ1) is 14.0. The average Bonchev–Trinajstić information content (AvgIpc) is 3.09. The van der Waals surface area contributed by atoms with Crippen LogP contribution in [0.15, 0.2) is 47.6 Å². The Morgan fingerprint density at radius 2 is 2.10 bits per heavy atom. The van der Waals surface area contributed by atoms with Gasteiger partial charge in [0.25, 0.3) is 5.91 Å². The molecular formula is C20H18ClFN4O2S. The van der Waals surface area contributed by atoms with Gasteiger partial charge in [0.05, 0.1) is 16.9 Å². The topological polar surface area (TPSA) is 89.6 Å². The number of ether oxygens (including phenoxy) is 1. The number of nitrogens with one attached hydrogen (secondary N) is 1. The number of benzene rings is 2. The van der Waals surface area contributed by atoms with Gasteiger partial charge in [0.2, 0.25) is 0 Å². The summed E-state index contributed by atoms with van der Waals surface area (Å²) in [6.07, 6.45) is 2.12. The van der Waals surface area contributed by atoms with Crippen LogP contribution in [0.25, 0.3) is 0 Å². The first-order valence-electron chi connectivity index (χ1n) is 8.72. The zero-order valence-electron chi connectivity index (χ0n) is 15.5. The molecule has 1 amide bonds. The van der Waals surface area contributed by atoms with E-state index in [1.54, 1.807) is 36.4 Å². The zero-order valence-corrected chi connectivity index (χ0v) is 17.1. The predicted molar refractivity (Wildman–Crippen MR) is 113 cm³/mol. The van der Waals surface area contributed by atoms with Crippen LogP contribution >= 0.6 is 22.9 Å². The van der Waals surface area contributed by atoms with Gasteiger partial charge >= 0.3 is 0 Å². The summed E-state index contributed by atoms with van der Waals surface area (Å²) in [4.78, 5) is 16.8. The van der Waals surface area contributed by atoms with Crippen molar-refractivity contribution in [2.24, 2.45) is 5.10 Å². The zero-order chi connectivity index (χ0) is 20.8. The van der Waals surface area contributed by atoms with Crippen LogP contribution in [0.5, 0.6) is 5.75 Å². The number of nitrogen functional groups attached to an aromatic ring is 1. The Kier molecular flexibility index (Phi) is 6.79. The van der Waals surface area contributed by atoms with E-state index in [-0.39, 0.29) is 12.5 Å². The fourth-order valence-electron chi connectivity index (χ4n) is 2.48. The molecule has 0 aliphatic heterocycles. The summed E-state index contributed by atoms with van der Waals surface area (Å²) in [5.74, 6) is -0.210. The number of nitrogens with two attached hydrogens (primary N) is 1. The molecule has 3 N–H and O–H groups in total. The Hall–Kier alpha value is -2.97. The summed E-state index contributed by atoms with van der Waals surface area (Å²) in [6, 6.07) is 11.4. The number of hydrogen-bond acceptors (Lipinski definition) is 6. The summed E-state index contributed by atoms with van der Waals surface area (Å²) in [5.41, 5.74) is 9.83. The first kappa shape index (κ1) is 20.8. The van der Waals surface area contributed by atoms with Gasteiger partial charge in [-0.15, -0.1) is 0 Å². The highest BCUT2D eigenvalue weighted by Crippen LogP contribution is 2.22. The molecule has 2 aromatic carbocycles. The Labute approximate surface area is 176 Å². The summed E-state index contributed by atoms with van der Waals surface area (Å²) >= 11 is 7.12. The van der Waals surface area contributed by atoms with Crippen molar-refractivity contribution in [3.8, 4) is 5.75 Å². The van der Waals surface area contributed by atoms with E-state index in [0.29, 0.717) is 38.5 Å². The molecule has 1 aromatic heterocycles. The van der Waals surface area contributed by atoms with Gasteiger partial charge in [0, 0.05) is 5.56 Å². The molecule has 0 unspecified atom stereocenters. The van der Waals surface area contributed by atoms with Crippen molar-refractivity contribution in [2.75, 3.05) is 5.73 Å². The maximum atomic E-state index is 13.8. The minimum Gasteiger partial charge on any atom is -0.489 e. The summed E-state index contributed by atoms with van der Waals surface area (Å²) in [5, 5.41) is 4.62. The largest absolute Gasteiger partial charge is 0.489 e. The molecule has 3 aromatic rings. The van der Waals surface area contributed by atoms with Crippen LogP contribution in [0.2, 0.25) is 5.02 Å². The predicted octanol–water partition coefficient (Wildman–Crippen LogP) is 4.42. The Bertz CT molecular complexity index is 1020. The van der Waals surface area contributed by atoms with E-state index >= 15 is 0 Å². The highest BCUT2D eigenvalue weighted by molar-refractivity contribution is 7.17. The van der Waals surface area contributed by atoms with Crippen molar-refractivity contribution in [3.63, 3.8) is 0 Å². The lowest BCUT2D eigenvalue weighted by Crippen LogP contribution is -2.17. The van der Waals surface area contributed by atoms with E-state index in [0.717, 1.165) is 16.9 Å². The normalized spacial score (nSPS) is 11.0. The number of carbonyl (C=O) groups excluding carboxylic acids is 1. The van der Waals surface area contributed by atoms with Gasteiger partial charge in [-0.3, -0.25) is 4.79 Å². The van der Waals surface area contributed by atoms with Crippen LogP contribution in [0, 0.1) is 5.82 Å². The summed E-state index contributed by atoms with van der Waals surface area (Å²) < 4.78 is 19.3. The van der Waals surface area contributed by atoms with Gasteiger partial charge in [-0.25, -0.2) is 14.8 Å². The standard InChI is InChI=1S/C20H18ClFN4O2S/c1-2-17-18(29-20(23)25-17)19(27)26-24-10-12-6-8-13(9-7-12)28-11-14-15(21)4-3-5-16(14)22/h3-10H,2,11H2,1H3,(H2,23,25)(H,26,27). The van der Waals surface area contributed by atoms with E-state index < -0.39 is 5.82 Å². The Balaban J connectivity index is 1.57.